The molecule has 2 N–H and O–H groups in total. The van der Waals surface area contributed by atoms with Gasteiger partial charge in [-0.05, 0) is 62.2 Å². The Balaban J connectivity index is 2.10. The average molecular weight is 405 g/mol. The summed E-state index contributed by atoms with van der Waals surface area (Å²) in [7, 11) is 1.56. The maximum absolute atomic E-state index is 12.4. The molecule has 0 fully saturated rings. The SMILES string of the molecule is CNC(=O)c1cccc(NC(=O)C(C)Oc2c(C)cc(Br)cc2C)c1. The normalized spacial score (nSPS) is 11.6. The van der Waals surface area contributed by atoms with Crippen molar-refractivity contribution in [2.24, 2.45) is 0 Å². The van der Waals surface area contributed by atoms with Crippen LogP contribution in [0.5, 0.6) is 5.75 Å². The van der Waals surface area contributed by atoms with Crippen LogP contribution in [-0.2, 0) is 4.79 Å². The highest BCUT2D eigenvalue weighted by molar-refractivity contribution is 9.10. The molecule has 0 heterocycles. The van der Waals surface area contributed by atoms with Gasteiger partial charge in [-0.25, -0.2) is 0 Å². The van der Waals surface area contributed by atoms with Gasteiger partial charge in [-0.1, -0.05) is 22.0 Å². The van der Waals surface area contributed by atoms with Gasteiger partial charge in [0, 0.05) is 22.8 Å². The minimum absolute atomic E-state index is 0.207. The third-order valence-corrected chi connectivity index (χ3v) is 4.17. The summed E-state index contributed by atoms with van der Waals surface area (Å²) in [4.78, 5) is 24.1. The van der Waals surface area contributed by atoms with Crippen molar-refractivity contribution in [3.05, 3.63) is 57.6 Å². The molecule has 2 amide bonds. The standard InChI is InChI=1S/C19H21BrN2O3/c1-11-8-15(20)9-12(2)17(11)25-13(3)18(23)22-16-7-5-6-14(10-16)19(24)21-4/h5-10,13H,1-4H3,(H,21,24)(H,22,23). The molecule has 2 aromatic rings. The Labute approximate surface area is 155 Å². The van der Waals surface area contributed by atoms with Crippen LogP contribution in [-0.4, -0.2) is 25.0 Å². The van der Waals surface area contributed by atoms with Gasteiger partial charge < -0.3 is 15.4 Å². The lowest BCUT2D eigenvalue weighted by Gasteiger charge is -2.18. The fourth-order valence-electron chi connectivity index (χ4n) is 2.44. The molecule has 5 nitrogen and oxygen atoms in total. The van der Waals surface area contributed by atoms with Gasteiger partial charge in [-0.15, -0.1) is 0 Å². The van der Waals surface area contributed by atoms with Gasteiger partial charge in [-0.3, -0.25) is 9.59 Å². The fourth-order valence-corrected chi connectivity index (χ4v) is 3.13. The van der Waals surface area contributed by atoms with Gasteiger partial charge >= 0.3 is 0 Å². The molecule has 1 atom stereocenters. The molecular weight excluding hydrogens is 384 g/mol. The second kappa shape index (κ2) is 8.16. The molecule has 2 aromatic carbocycles. The van der Waals surface area contributed by atoms with E-state index in [0.29, 0.717) is 17.0 Å². The zero-order valence-corrected chi connectivity index (χ0v) is 16.2. The Morgan fingerprint density at radius 1 is 1.12 bits per heavy atom. The molecule has 6 heteroatoms. The molecule has 0 radical (unpaired) electrons. The van der Waals surface area contributed by atoms with Crippen molar-refractivity contribution in [1.29, 1.82) is 0 Å². The Morgan fingerprint density at radius 2 is 1.76 bits per heavy atom. The first-order valence-corrected chi connectivity index (χ1v) is 8.67. The van der Waals surface area contributed by atoms with Gasteiger partial charge in [-0.2, -0.15) is 0 Å². The van der Waals surface area contributed by atoms with Crippen molar-refractivity contribution < 1.29 is 14.3 Å². The van der Waals surface area contributed by atoms with Gasteiger partial charge in [0.25, 0.3) is 11.8 Å². The van der Waals surface area contributed by atoms with E-state index in [1.807, 2.05) is 26.0 Å². The van der Waals surface area contributed by atoms with E-state index in [1.54, 1.807) is 38.2 Å². The summed E-state index contributed by atoms with van der Waals surface area (Å²) in [6, 6.07) is 10.6. The van der Waals surface area contributed by atoms with Crippen molar-refractivity contribution in [2.45, 2.75) is 26.9 Å². The van der Waals surface area contributed by atoms with E-state index in [2.05, 4.69) is 26.6 Å². The highest BCUT2D eigenvalue weighted by Crippen LogP contribution is 2.28. The minimum Gasteiger partial charge on any atom is -0.480 e. The summed E-state index contributed by atoms with van der Waals surface area (Å²) >= 11 is 3.44. The van der Waals surface area contributed by atoms with Crippen LogP contribution in [0.4, 0.5) is 5.69 Å². The van der Waals surface area contributed by atoms with E-state index in [4.69, 9.17) is 4.74 Å². The molecule has 0 aliphatic carbocycles. The van der Waals surface area contributed by atoms with Crippen molar-refractivity contribution in [3.63, 3.8) is 0 Å². The maximum Gasteiger partial charge on any atom is 0.265 e. The number of hydrogen-bond acceptors (Lipinski definition) is 3. The minimum atomic E-state index is -0.678. The maximum atomic E-state index is 12.4. The number of carbonyl (C=O) groups is 2. The van der Waals surface area contributed by atoms with E-state index in [9.17, 15) is 9.59 Å². The second-order valence-electron chi connectivity index (χ2n) is 5.78. The lowest BCUT2D eigenvalue weighted by molar-refractivity contribution is -0.122. The van der Waals surface area contributed by atoms with Gasteiger partial charge in [0.05, 0.1) is 0 Å². The third-order valence-electron chi connectivity index (χ3n) is 3.71. The topological polar surface area (TPSA) is 67.4 Å². The summed E-state index contributed by atoms with van der Waals surface area (Å²) < 4.78 is 6.82. The van der Waals surface area contributed by atoms with Gasteiger partial charge in [0.1, 0.15) is 5.75 Å². The highest BCUT2D eigenvalue weighted by Gasteiger charge is 2.18. The van der Waals surface area contributed by atoms with Crippen LogP contribution >= 0.6 is 15.9 Å². The summed E-state index contributed by atoms with van der Waals surface area (Å²) in [5.74, 6) is 0.210. The molecule has 0 saturated carbocycles. The lowest BCUT2D eigenvalue weighted by atomic mass is 10.1. The molecule has 0 bridgehead atoms. The summed E-state index contributed by atoms with van der Waals surface area (Å²) in [5, 5.41) is 5.33. The van der Waals surface area contributed by atoms with Gasteiger partial charge in [0.15, 0.2) is 6.10 Å². The van der Waals surface area contributed by atoms with E-state index in [1.165, 1.54) is 0 Å². The summed E-state index contributed by atoms with van der Waals surface area (Å²) in [6.07, 6.45) is -0.678. The number of hydrogen-bond donors (Lipinski definition) is 2. The Morgan fingerprint density at radius 3 is 2.36 bits per heavy atom. The predicted octanol–water partition coefficient (Wildman–Crippen LogP) is 3.83. The lowest BCUT2D eigenvalue weighted by Crippen LogP contribution is -2.30. The molecule has 0 saturated heterocycles. The summed E-state index contributed by atoms with van der Waals surface area (Å²) in [5.41, 5.74) is 2.93. The predicted molar refractivity (Wildman–Crippen MR) is 102 cm³/mol. The zero-order valence-electron chi connectivity index (χ0n) is 14.6. The number of amides is 2. The van der Waals surface area contributed by atoms with Crippen LogP contribution in [0.15, 0.2) is 40.9 Å². The number of halogens is 1. The van der Waals surface area contributed by atoms with Crippen molar-refractivity contribution in [1.82, 2.24) is 5.32 Å². The number of ether oxygens (including phenoxy) is 1. The molecule has 0 aliphatic heterocycles. The largest absolute Gasteiger partial charge is 0.480 e. The summed E-state index contributed by atoms with van der Waals surface area (Å²) in [6.45, 7) is 5.56. The Hall–Kier alpha value is -2.34. The van der Waals surface area contributed by atoms with Crippen LogP contribution in [0, 0.1) is 13.8 Å². The van der Waals surface area contributed by atoms with Crippen LogP contribution in [0.2, 0.25) is 0 Å². The Bertz CT molecular complexity index is 782. The number of aryl methyl sites for hydroxylation is 2. The Kier molecular flexibility index (Phi) is 6.20. The highest BCUT2D eigenvalue weighted by atomic mass is 79.9. The molecule has 1 unspecified atom stereocenters. The van der Waals surface area contributed by atoms with Crippen molar-refractivity contribution >= 4 is 33.4 Å². The number of anilines is 1. The van der Waals surface area contributed by atoms with Crippen molar-refractivity contribution in [2.75, 3.05) is 12.4 Å². The number of nitrogens with one attached hydrogen (secondary N) is 2. The molecule has 0 aromatic heterocycles. The third kappa shape index (κ3) is 4.82. The molecule has 2 rings (SSSR count). The molecule has 25 heavy (non-hydrogen) atoms. The monoisotopic (exact) mass is 404 g/mol. The molecular formula is C19H21BrN2O3. The second-order valence-corrected chi connectivity index (χ2v) is 6.69. The smallest absolute Gasteiger partial charge is 0.265 e. The van der Waals surface area contributed by atoms with Crippen LogP contribution in [0.3, 0.4) is 0 Å². The average Bonchev–Trinajstić information content (AvgIpc) is 2.57. The van der Waals surface area contributed by atoms with E-state index in [0.717, 1.165) is 15.6 Å². The quantitative estimate of drug-likeness (QED) is 0.795. The fraction of sp³-hybridized carbons (Fsp3) is 0.263. The first kappa shape index (κ1) is 19.0. The van der Waals surface area contributed by atoms with Crippen LogP contribution in [0.25, 0.3) is 0 Å². The number of carbonyl (C=O) groups excluding carboxylic acids is 2. The first-order chi connectivity index (χ1) is 11.8. The van der Waals surface area contributed by atoms with E-state index >= 15 is 0 Å². The van der Waals surface area contributed by atoms with E-state index in [-0.39, 0.29) is 11.8 Å². The molecule has 0 aliphatic rings. The number of rotatable bonds is 5. The molecule has 132 valence electrons. The molecule has 0 spiro atoms. The zero-order chi connectivity index (χ0) is 18.6. The van der Waals surface area contributed by atoms with E-state index < -0.39 is 6.10 Å². The number of benzene rings is 2. The van der Waals surface area contributed by atoms with Crippen molar-refractivity contribution in [3.8, 4) is 5.75 Å². The van der Waals surface area contributed by atoms with Gasteiger partial charge in [0.2, 0.25) is 0 Å². The van der Waals surface area contributed by atoms with Crippen LogP contribution in [0.1, 0.15) is 28.4 Å². The van der Waals surface area contributed by atoms with Crippen LogP contribution < -0.4 is 15.4 Å². The first-order valence-electron chi connectivity index (χ1n) is 7.88.